The molecule has 0 rings (SSSR count). The van der Waals surface area contributed by atoms with Gasteiger partial charge in [-0.3, -0.25) is 14.4 Å². The fraction of sp³-hybridized carbons (Fsp3) is 0.833. The maximum atomic E-state index is 13.5. The summed E-state index contributed by atoms with van der Waals surface area (Å²) in [5.41, 5.74) is 0. The standard InChI is InChI=1S/C18H23F9O9S.Na/c1-9(19)16(22,23)6-34-12(28)4-15(37(31,32)33,14(30)36-8-18(26,27)11(3)21)5-13(29)35-7-17(24,25)10(2)20;/h9-11H,4-8H2,1-3H3,(H,31,32,33);/q;+1/p-1. The van der Waals surface area contributed by atoms with E-state index in [1.807, 2.05) is 0 Å². The van der Waals surface area contributed by atoms with Crippen molar-refractivity contribution in [1.82, 2.24) is 0 Å². The number of hydrogen-bond donors (Lipinski definition) is 0. The summed E-state index contributed by atoms with van der Waals surface area (Å²) in [6.45, 7) is -5.51. The number of halogens is 9. The van der Waals surface area contributed by atoms with Crippen LogP contribution in [-0.2, 0) is 38.7 Å². The van der Waals surface area contributed by atoms with Crippen molar-refractivity contribution >= 4 is 28.0 Å². The van der Waals surface area contributed by atoms with Crippen molar-refractivity contribution < 1.29 is 111 Å². The molecule has 0 aliphatic heterocycles. The van der Waals surface area contributed by atoms with E-state index >= 15 is 0 Å². The van der Waals surface area contributed by atoms with Gasteiger partial charge in [0.2, 0.25) is 0 Å². The van der Waals surface area contributed by atoms with Gasteiger partial charge in [-0.15, -0.1) is 0 Å². The second kappa shape index (κ2) is 14.4. The van der Waals surface area contributed by atoms with Gasteiger partial charge in [0.1, 0.15) is 10.1 Å². The van der Waals surface area contributed by atoms with Gasteiger partial charge >= 0.3 is 65.2 Å². The van der Waals surface area contributed by atoms with Crippen LogP contribution in [0.5, 0.6) is 0 Å². The van der Waals surface area contributed by atoms with Crippen molar-refractivity contribution in [2.75, 3.05) is 19.8 Å². The first-order valence-corrected chi connectivity index (χ1v) is 11.3. The van der Waals surface area contributed by atoms with Gasteiger partial charge in [0.05, 0.1) is 12.8 Å². The zero-order chi connectivity index (χ0) is 29.6. The summed E-state index contributed by atoms with van der Waals surface area (Å²) in [5, 5.41) is 0. The van der Waals surface area contributed by atoms with Gasteiger partial charge in [-0.05, 0) is 20.8 Å². The average molecular weight is 608 g/mol. The number of alkyl halides is 9. The van der Waals surface area contributed by atoms with E-state index in [0.717, 1.165) is 0 Å². The molecule has 0 bridgehead atoms. The minimum atomic E-state index is -6.43. The number of ether oxygens (including phenoxy) is 3. The molecule has 0 saturated carbocycles. The van der Waals surface area contributed by atoms with E-state index in [1.54, 1.807) is 0 Å². The van der Waals surface area contributed by atoms with Crippen LogP contribution < -0.4 is 29.6 Å². The van der Waals surface area contributed by atoms with E-state index in [2.05, 4.69) is 14.2 Å². The number of esters is 3. The van der Waals surface area contributed by atoms with Crippen LogP contribution in [0.3, 0.4) is 0 Å². The molecule has 0 aromatic carbocycles. The van der Waals surface area contributed by atoms with Crippen molar-refractivity contribution in [2.45, 2.75) is 74.6 Å². The van der Waals surface area contributed by atoms with Gasteiger partial charge in [-0.2, -0.15) is 26.3 Å². The predicted molar refractivity (Wildman–Crippen MR) is 101 cm³/mol. The molecule has 0 N–H and O–H groups in total. The van der Waals surface area contributed by atoms with E-state index in [-0.39, 0.29) is 36.5 Å². The van der Waals surface area contributed by atoms with Crippen LogP contribution in [-0.4, -0.2) is 91.7 Å². The Hall–Kier alpha value is -1.31. The van der Waals surface area contributed by atoms with E-state index in [1.165, 1.54) is 0 Å². The molecule has 0 spiro atoms. The molecule has 3 atom stereocenters. The van der Waals surface area contributed by atoms with Gasteiger partial charge < -0.3 is 18.8 Å². The normalized spacial score (nSPS) is 16.8. The first-order valence-electron chi connectivity index (χ1n) is 9.91. The van der Waals surface area contributed by atoms with Gasteiger partial charge in [0.15, 0.2) is 43.1 Å². The van der Waals surface area contributed by atoms with Gasteiger partial charge in [-0.1, -0.05) is 0 Å². The number of carbonyl (C=O) groups excluding carboxylic acids is 3. The third kappa shape index (κ3) is 11.1. The average Bonchev–Trinajstić information content (AvgIpc) is 2.73. The predicted octanol–water partition coefficient (Wildman–Crippen LogP) is -0.336. The van der Waals surface area contributed by atoms with Crippen LogP contribution in [0.15, 0.2) is 0 Å². The number of rotatable bonds is 15. The van der Waals surface area contributed by atoms with Crippen LogP contribution in [0.1, 0.15) is 33.6 Å². The Kier molecular flexibility index (Phi) is 14.7. The second-order valence-corrected chi connectivity index (χ2v) is 9.52. The number of carbonyl (C=O) groups is 3. The van der Waals surface area contributed by atoms with E-state index < -0.39 is 102 Å². The molecule has 218 valence electrons. The molecule has 0 aliphatic rings. The summed E-state index contributed by atoms with van der Waals surface area (Å²) in [5.74, 6) is -20.3. The second-order valence-electron chi connectivity index (χ2n) is 7.83. The van der Waals surface area contributed by atoms with Crippen LogP contribution >= 0.6 is 0 Å². The zero-order valence-electron chi connectivity index (χ0n) is 20.3. The van der Waals surface area contributed by atoms with Crippen molar-refractivity contribution in [3.63, 3.8) is 0 Å². The monoisotopic (exact) mass is 608 g/mol. The van der Waals surface area contributed by atoms with E-state index in [0.29, 0.717) is 13.8 Å². The Morgan fingerprint density at radius 3 is 1.18 bits per heavy atom. The molecule has 0 aromatic rings. The van der Waals surface area contributed by atoms with Crippen molar-refractivity contribution in [1.29, 1.82) is 0 Å². The topological polar surface area (TPSA) is 136 Å². The Morgan fingerprint density at radius 1 is 0.684 bits per heavy atom. The summed E-state index contributed by atoms with van der Waals surface area (Å²) in [4.78, 5) is 36.3. The van der Waals surface area contributed by atoms with Crippen LogP contribution in [0.2, 0.25) is 0 Å². The molecule has 0 aromatic heterocycles. The zero-order valence-corrected chi connectivity index (χ0v) is 23.1. The van der Waals surface area contributed by atoms with Crippen molar-refractivity contribution in [3.05, 3.63) is 0 Å². The van der Waals surface area contributed by atoms with Crippen LogP contribution in [0, 0.1) is 0 Å². The Labute approximate surface area is 232 Å². The van der Waals surface area contributed by atoms with Crippen LogP contribution in [0.25, 0.3) is 0 Å². The molecule has 38 heavy (non-hydrogen) atoms. The Balaban J connectivity index is 0. The van der Waals surface area contributed by atoms with Crippen LogP contribution in [0.4, 0.5) is 39.5 Å². The quantitative estimate of drug-likeness (QED) is 0.0805. The molecule has 0 aliphatic carbocycles. The molecule has 0 fully saturated rings. The van der Waals surface area contributed by atoms with E-state index in [4.69, 9.17) is 0 Å². The third-order valence-electron chi connectivity index (χ3n) is 4.70. The fourth-order valence-electron chi connectivity index (χ4n) is 2.05. The summed E-state index contributed by atoms with van der Waals surface area (Å²) in [6, 6.07) is 0. The molecule has 9 nitrogen and oxygen atoms in total. The molecule has 3 unspecified atom stereocenters. The van der Waals surface area contributed by atoms with Gasteiger partial charge in [0.25, 0.3) is 0 Å². The van der Waals surface area contributed by atoms with E-state index in [9.17, 15) is 66.9 Å². The molecule has 0 heterocycles. The molecule has 20 heteroatoms. The first kappa shape index (κ1) is 38.8. The minimum absolute atomic E-state index is 0. The number of hydrogen-bond acceptors (Lipinski definition) is 9. The molecule has 0 saturated heterocycles. The smallest absolute Gasteiger partial charge is 0.747 e. The summed E-state index contributed by atoms with van der Waals surface area (Å²) >= 11 is 0. The first-order chi connectivity index (χ1) is 16.4. The van der Waals surface area contributed by atoms with Crippen molar-refractivity contribution in [3.8, 4) is 0 Å². The SMILES string of the molecule is CC(F)C(F)(F)COC(=O)CC(CC(=O)OCC(F)(F)C(C)F)(C(=O)OCC(F)(F)C(C)F)S(=O)(=O)[O-].[Na+]. The molecular weight excluding hydrogens is 586 g/mol. The Morgan fingerprint density at radius 2 is 0.947 bits per heavy atom. The third-order valence-corrected chi connectivity index (χ3v) is 6.12. The van der Waals surface area contributed by atoms with Crippen molar-refractivity contribution in [2.24, 2.45) is 0 Å². The molecule has 0 amide bonds. The fourth-order valence-corrected chi connectivity index (χ4v) is 2.90. The maximum Gasteiger partial charge on any atom is 1.00 e. The largest absolute Gasteiger partial charge is 1.00 e. The summed E-state index contributed by atoms with van der Waals surface area (Å²) in [6.07, 6.45) is -13.3. The van der Waals surface area contributed by atoms with Gasteiger partial charge in [0, 0.05) is 0 Å². The molecular formula is C18H22F9NaO9S. The summed E-state index contributed by atoms with van der Waals surface area (Å²) < 4.78 is 162. The Bertz CT molecular complexity index is 890. The van der Waals surface area contributed by atoms with Gasteiger partial charge in [-0.25, -0.2) is 21.6 Å². The summed E-state index contributed by atoms with van der Waals surface area (Å²) in [7, 11) is -6.43. The maximum absolute atomic E-state index is 13.5. The minimum Gasteiger partial charge on any atom is -0.747 e. The molecule has 0 radical (unpaired) electrons.